The second-order valence-corrected chi connectivity index (χ2v) is 15.0. The minimum absolute atomic E-state index is 0.104. The van der Waals surface area contributed by atoms with Crippen molar-refractivity contribution in [2.75, 3.05) is 26.2 Å². The average molecular weight is 768 g/mol. The van der Waals surface area contributed by atoms with Gasteiger partial charge in [0.2, 0.25) is 23.6 Å². The largest absolute Gasteiger partial charge is 0.368 e. The number of Topliss-reactive ketones (excluding diaryl/α,β-unsaturated/α-hetero) is 1. The van der Waals surface area contributed by atoms with Gasteiger partial charge >= 0.3 is 0 Å². The molecule has 0 aliphatic rings. The van der Waals surface area contributed by atoms with Crippen LogP contribution in [-0.2, 0) is 24.0 Å². The van der Waals surface area contributed by atoms with Crippen molar-refractivity contribution in [2.24, 2.45) is 34.4 Å². The molecule has 0 saturated carbocycles. The van der Waals surface area contributed by atoms with Crippen molar-refractivity contribution in [2.45, 2.75) is 198 Å². The summed E-state index contributed by atoms with van der Waals surface area (Å²) in [6.45, 7) is 3.87. The van der Waals surface area contributed by atoms with Gasteiger partial charge in [0.25, 0.3) is 0 Å². The maximum absolute atomic E-state index is 13.9. The Kier molecular flexibility index (Phi) is 32.0. The molecule has 0 saturated heterocycles. The van der Waals surface area contributed by atoms with Gasteiger partial charge in [-0.25, -0.2) is 0 Å². The Morgan fingerprint density at radius 3 is 1.28 bits per heavy atom. The Hall–Kier alpha value is -2.65. The quantitative estimate of drug-likeness (QED) is 0.0327. The van der Waals surface area contributed by atoms with E-state index in [1.54, 1.807) is 0 Å². The molecule has 0 fully saturated rings. The molecule has 0 aliphatic carbocycles. The molecule has 316 valence electrons. The van der Waals surface area contributed by atoms with Gasteiger partial charge in [-0.05, 0) is 110 Å². The number of amides is 4. The van der Waals surface area contributed by atoms with Crippen LogP contribution in [0.5, 0.6) is 0 Å². The van der Waals surface area contributed by atoms with Crippen molar-refractivity contribution in [1.29, 1.82) is 0 Å². The van der Waals surface area contributed by atoms with Crippen LogP contribution >= 0.6 is 0 Å². The lowest BCUT2D eigenvalue weighted by molar-refractivity contribution is -0.139. The Balaban J connectivity index is 5.59. The van der Waals surface area contributed by atoms with E-state index in [4.69, 9.17) is 34.4 Å². The maximum Gasteiger partial charge on any atom is 0.248 e. The van der Waals surface area contributed by atoms with Crippen LogP contribution in [0.2, 0.25) is 0 Å². The Labute approximate surface area is 326 Å². The summed E-state index contributed by atoms with van der Waals surface area (Å²) in [6.07, 6.45) is 20.9. The molecule has 54 heavy (non-hydrogen) atoms. The van der Waals surface area contributed by atoms with Crippen LogP contribution in [0.15, 0.2) is 0 Å². The van der Waals surface area contributed by atoms with Crippen molar-refractivity contribution < 1.29 is 24.0 Å². The van der Waals surface area contributed by atoms with Crippen LogP contribution in [0.4, 0.5) is 0 Å². The lowest BCUT2D eigenvalue weighted by Crippen LogP contribution is -2.63. The van der Waals surface area contributed by atoms with Gasteiger partial charge in [0.15, 0.2) is 11.3 Å². The van der Waals surface area contributed by atoms with Crippen molar-refractivity contribution in [3.05, 3.63) is 0 Å². The van der Waals surface area contributed by atoms with Crippen molar-refractivity contribution in [3.8, 4) is 0 Å². The Morgan fingerprint density at radius 1 is 0.481 bits per heavy atom. The molecule has 0 rings (SSSR count). The number of unbranched alkanes of at least 4 members (excludes halogenated alkanes) is 16. The van der Waals surface area contributed by atoms with E-state index in [0.717, 1.165) is 19.3 Å². The summed E-state index contributed by atoms with van der Waals surface area (Å²) in [4.78, 5) is 66.9. The molecule has 0 aromatic carbocycles. The van der Waals surface area contributed by atoms with Crippen LogP contribution in [0.25, 0.3) is 0 Å². The van der Waals surface area contributed by atoms with Crippen LogP contribution in [-0.4, -0.2) is 79.3 Å². The van der Waals surface area contributed by atoms with Gasteiger partial charge in [-0.2, -0.15) is 0 Å². The zero-order chi connectivity index (χ0) is 40.5. The van der Waals surface area contributed by atoms with Crippen molar-refractivity contribution >= 4 is 29.4 Å². The van der Waals surface area contributed by atoms with E-state index in [0.29, 0.717) is 90.4 Å². The third-order valence-corrected chi connectivity index (χ3v) is 10.2. The number of ketones is 1. The highest BCUT2D eigenvalue weighted by Crippen LogP contribution is 2.20. The predicted octanol–water partition coefficient (Wildman–Crippen LogP) is 3.19. The van der Waals surface area contributed by atoms with Crippen molar-refractivity contribution in [1.82, 2.24) is 16.0 Å². The molecule has 0 radical (unpaired) electrons. The number of hydrogen-bond acceptors (Lipinski definition) is 10. The monoisotopic (exact) mass is 768 g/mol. The normalized spacial score (nSPS) is 14.1. The van der Waals surface area contributed by atoms with E-state index in [1.165, 1.54) is 57.8 Å². The smallest absolute Gasteiger partial charge is 0.248 e. The first-order valence-electron chi connectivity index (χ1n) is 21.4. The zero-order valence-electron chi connectivity index (χ0n) is 34.0. The highest BCUT2D eigenvalue weighted by atomic mass is 16.2. The number of hydrogen-bond donors (Lipinski definition) is 9. The number of rotatable bonds is 38. The van der Waals surface area contributed by atoms with Gasteiger partial charge in [-0.3, -0.25) is 24.0 Å². The first-order chi connectivity index (χ1) is 26.0. The zero-order valence-corrected chi connectivity index (χ0v) is 34.0. The molecule has 14 nitrogen and oxygen atoms in total. The molecule has 0 heterocycles. The molecule has 0 aromatic rings. The summed E-state index contributed by atoms with van der Waals surface area (Å²) in [7, 11) is 0. The van der Waals surface area contributed by atoms with Gasteiger partial charge in [0.1, 0.15) is 18.1 Å². The lowest BCUT2D eigenvalue weighted by Gasteiger charge is -2.30. The third kappa shape index (κ3) is 24.0. The summed E-state index contributed by atoms with van der Waals surface area (Å²) in [5, 5.41) is 8.23. The molecule has 0 aromatic heterocycles. The standard InChI is InChI=1S/C40H81N9O5/c1-2-3-4-5-6-7-8-9-10-11-12-13-14-26-35(50)40(46,27-18-22-31-44)39(54)49-34(25-17-21-30-43)38(53)48-33(24-16-20-29-42)37(52)47-32(36(45)51)23-15-19-28-41/h32-34H,2-31,41-44,46H2,1H3,(H2,45,51)(H,47,52)(H,48,53)(H,49,54)/t32-,33-,34-,40+/m0/s1. The topological polar surface area (TPSA) is 278 Å². The number of carbonyl (C=O) groups is 5. The first kappa shape index (κ1) is 51.4. The fourth-order valence-corrected chi connectivity index (χ4v) is 6.59. The molecular weight excluding hydrogens is 686 g/mol. The van der Waals surface area contributed by atoms with E-state index in [9.17, 15) is 24.0 Å². The second kappa shape index (κ2) is 33.7. The van der Waals surface area contributed by atoms with Gasteiger partial charge in [-0.1, -0.05) is 84.0 Å². The van der Waals surface area contributed by atoms with E-state index in [1.807, 2.05) is 0 Å². The fraction of sp³-hybridized carbons (Fsp3) is 0.875. The molecule has 0 aliphatic heterocycles. The van der Waals surface area contributed by atoms with Crippen molar-refractivity contribution in [3.63, 3.8) is 0 Å². The molecule has 15 N–H and O–H groups in total. The highest BCUT2D eigenvalue weighted by Gasteiger charge is 2.42. The van der Waals surface area contributed by atoms with Gasteiger partial charge in [-0.15, -0.1) is 0 Å². The van der Waals surface area contributed by atoms with Crippen LogP contribution in [0.3, 0.4) is 0 Å². The SMILES string of the molecule is CCCCCCCCCCCCCCCC(=O)[C@](N)(CCCCN)C(=O)N[C@@H](CCCCN)C(=O)N[C@@H](CCCCN)C(=O)N[C@@H](CCCCN)C(N)=O. The minimum Gasteiger partial charge on any atom is -0.368 e. The molecule has 0 spiro atoms. The number of nitrogens with one attached hydrogen (secondary N) is 3. The van der Waals surface area contributed by atoms with E-state index >= 15 is 0 Å². The lowest BCUT2D eigenvalue weighted by atomic mass is 9.85. The van der Waals surface area contributed by atoms with Gasteiger partial charge in [0, 0.05) is 6.42 Å². The Bertz CT molecular complexity index is 1020. The molecular formula is C40H81N9O5. The van der Waals surface area contributed by atoms with Crippen LogP contribution in [0.1, 0.15) is 174 Å². The summed E-state index contributed by atoms with van der Waals surface area (Å²) in [5.74, 6) is -2.92. The summed E-state index contributed by atoms with van der Waals surface area (Å²) < 4.78 is 0. The number of nitrogens with two attached hydrogens (primary N) is 6. The number of carbonyl (C=O) groups excluding carboxylic acids is 5. The Morgan fingerprint density at radius 2 is 0.852 bits per heavy atom. The number of primary amides is 1. The molecule has 14 heteroatoms. The highest BCUT2D eigenvalue weighted by molar-refractivity contribution is 6.11. The summed E-state index contributed by atoms with van der Waals surface area (Å²) >= 11 is 0. The van der Waals surface area contributed by atoms with E-state index in [-0.39, 0.29) is 31.5 Å². The molecule has 4 amide bonds. The third-order valence-electron chi connectivity index (χ3n) is 10.2. The first-order valence-corrected chi connectivity index (χ1v) is 21.4. The van der Waals surface area contributed by atoms with Crippen LogP contribution in [0, 0.1) is 0 Å². The molecule has 0 unspecified atom stereocenters. The van der Waals surface area contributed by atoms with Gasteiger partial charge in [0.05, 0.1) is 0 Å². The summed E-state index contributed by atoms with van der Waals surface area (Å²) in [5.41, 5.74) is 33.1. The second-order valence-electron chi connectivity index (χ2n) is 15.0. The van der Waals surface area contributed by atoms with Gasteiger partial charge < -0.3 is 50.4 Å². The molecule has 4 atom stereocenters. The summed E-state index contributed by atoms with van der Waals surface area (Å²) in [6, 6.07) is -3.02. The van der Waals surface area contributed by atoms with E-state index in [2.05, 4.69) is 22.9 Å². The predicted molar refractivity (Wildman–Crippen MR) is 219 cm³/mol. The van der Waals surface area contributed by atoms with E-state index < -0.39 is 47.3 Å². The molecule has 0 bridgehead atoms. The average Bonchev–Trinajstić information content (AvgIpc) is 3.15. The van der Waals surface area contributed by atoms with Crippen LogP contribution < -0.4 is 50.4 Å². The maximum atomic E-state index is 13.9. The fourth-order valence-electron chi connectivity index (χ4n) is 6.59. The minimum atomic E-state index is -1.82.